The van der Waals surface area contributed by atoms with Crippen molar-refractivity contribution in [2.75, 3.05) is 6.54 Å². The van der Waals surface area contributed by atoms with E-state index in [1.807, 2.05) is 20.2 Å². The summed E-state index contributed by atoms with van der Waals surface area (Å²) < 4.78 is 3.41. The van der Waals surface area contributed by atoms with Gasteiger partial charge in [-0.25, -0.2) is 4.79 Å². The third-order valence-electron chi connectivity index (χ3n) is 3.90. The van der Waals surface area contributed by atoms with E-state index in [0.29, 0.717) is 0 Å². The third-order valence-corrected chi connectivity index (χ3v) is 3.90. The van der Waals surface area contributed by atoms with Gasteiger partial charge in [0.1, 0.15) is 0 Å². The van der Waals surface area contributed by atoms with Gasteiger partial charge in [0.2, 0.25) is 0 Å². The topological polar surface area (TPSA) is 39.0 Å². The standard InChI is InChI=1S/C16H25N3O/c1-7-17-14(16(2,3)4)11-8-9-12-13(10-11)19(6)15(20)18(12)5/h8-10,14,17H,7H2,1-6H3. The first kappa shape index (κ1) is 14.9. The van der Waals surface area contributed by atoms with E-state index in [-0.39, 0.29) is 17.1 Å². The van der Waals surface area contributed by atoms with Crippen molar-refractivity contribution >= 4 is 11.0 Å². The summed E-state index contributed by atoms with van der Waals surface area (Å²) in [6, 6.07) is 6.57. The number of nitrogens with one attached hydrogen (secondary N) is 1. The maximum atomic E-state index is 12.0. The maximum Gasteiger partial charge on any atom is 0.328 e. The van der Waals surface area contributed by atoms with Crippen molar-refractivity contribution < 1.29 is 0 Å². The molecule has 1 unspecified atom stereocenters. The molecule has 0 saturated heterocycles. The molecule has 110 valence electrons. The van der Waals surface area contributed by atoms with Gasteiger partial charge in [-0.3, -0.25) is 9.13 Å². The molecule has 0 aliphatic rings. The summed E-state index contributed by atoms with van der Waals surface area (Å²) in [5.74, 6) is 0. The Labute approximate surface area is 120 Å². The van der Waals surface area contributed by atoms with Crippen molar-refractivity contribution in [2.45, 2.75) is 33.7 Å². The highest BCUT2D eigenvalue weighted by Crippen LogP contribution is 2.33. The van der Waals surface area contributed by atoms with Crippen LogP contribution in [0.3, 0.4) is 0 Å². The van der Waals surface area contributed by atoms with Crippen LogP contribution >= 0.6 is 0 Å². The molecule has 0 bridgehead atoms. The Morgan fingerprint density at radius 1 is 1.15 bits per heavy atom. The fourth-order valence-corrected chi connectivity index (χ4v) is 2.83. The highest BCUT2D eigenvalue weighted by Gasteiger charge is 2.26. The van der Waals surface area contributed by atoms with Gasteiger partial charge in [0.05, 0.1) is 11.0 Å². The monoisotopic (exact) mass is 275 g/mol. The first-order valence-electron chi connectivity index (χ1n) is 7.16. The Hall–Kier alpha value is -1.55. The van der Waals surface area contributed by atoms with E-state index in [1.165, 1.54) is 5.56 Å². The summed E-state index contributed by atoms with van der Waals surface area (Å²) in [4.78, 5) is 12.0. The van der Waals surface area contributed by atoms with Crippen LogP contribution in [0, 0.1) is 5.41 Å². The highest BCUT2D eigenvalue weighted by molar-refractivity contribution is 5.77. The number of imidazole rings is 1. The smallest absolute Gasteiger partial charge is 0.310 e. The maximum absolute atomic E-state index is 12.0. The van der Waals surface area contributed by atoms with Crippen molar-refractivity contribution in [1.82, 2.24) is 14.5 Å². The first-order valence-corrected chi connectivity index (χ1v) is 7.16. The average Bonchev–Trinajstić information content (AvgIpc) is 2.59. The minimum atomic E-state index is 0.0212. The zero-order valence-electron chi connectivity index (χ0n) is 13.3. The predicted molar refractivity (Wildman–Crippen MR) is 84.0 cm³/mol. The van der Waals surface area contributed by atoms with Gasteiger partial charge in [0.25, 0.3) is 0 Å². The largest absolute Gasteiger partial charge is 0.328 e. The summed E-state index contributed by atoms with van der Waals surface area (Å²) >= 11 is 0. The number of nitrogens with zero attached hydrogens (tertiary/aromatic N) is 2. The molecule has 1 N–H and O–H groups in total. The van der Waals surface area contributed by atoms with E-state index >= 15 is 0 Å². The molecule has 2 rings (SSSR count). The van der Waals surface area contributed by atoms with Crippen molar-refractivity contribution in [3.05, 3.63) is 34.2 Å². The van der Waals surface area contributed by atoms with Crippen LogP contribution in [-0.2, 0) is 14.1 Å². The molecule has 20 heavy (non-hydrogen) atoms. The average molecular weight is 275 g/mol. The molecule has 2 aromatic rings. The van der Waals surface area contributed by atoms with Crippen molar-refractivity contribution in [3.8, 4) is 0 Å². The summed E-state index contributed by atoms with van der Waals surface area (Å²) in [5, 5.41) is 3.55. The second-order valence-corrected chi connectivity index (χ2v) is 6.51. The third kappa shape index (κ3) is 2.40. The zero-order valence-corrected chi connectivity index (χ0v) is 13.3. The molecule has 1 heterocycles. The lowest BCUT2D eigenvalue weighted by Gasteiger charge is -2.32. The lowest BCUT2D eigenvalue weighted by molar-refractivity contribution is 0.277. The lowest BCUT2D eigenvalue weighted by atomic mass is 9.82. The Morgan fingerprint density at radius 2 is 1.75 bits per heavy atom. The molecular formula is C16H25N3O. The molecule has 4 heteroatoms. The van der Waals surface area contributed by atoms with Crippen LogP contribution in [0.4, 0.5) is 0 Å². The van der Waals surface area contributed by atoms with E-state index in [2.05, 4.69) is 45.1 Å². The Balaban J connectivity index is 2.61. The van der Waals surface area contributed by atoms with E-state index in [4.69, 9.17) is 0 Å². The van der Waals surface area contributed by atoms with Gasteiger partial charge in [-0.15, -0.1) is 0 Å². The van der Waals surface area contributed by atoms with E-state index < -0.39 is 0 Å². The molecule has 0 spiro atoms. The zero-order chi connectivity index (χ0) is 15.1. The summed E-state index contributed by atoms with van der Waals surface area (Å²) in [7, 11) is 3.64. The molecule has 1 atom stereocenters. The highest BCUT2D eigenvalue weighted by atomic mass is 16.1. The molecule has 1 aromatic carbocycles. The minimum Gasteiger partial charge on any atom is -0.310 e. The van der Waals surface area contributed by atoms with Crippen molar-refractivity contribution in [1.29, 1.82) is 0 Å². The van der Waals surface area contributed by atoms with E-state index in [9.17, 15) is 4.79 Å². The van der Waals surface area contributed by atoms with E-state index in [1.54, 1.807) is 9.13 Å². The van der Waals surface area contributed by atoms with Crippen LogP contribution in [0.15, 0.2) is 23.0 Å². The van der Waals surface area contributed by atoms with Crippen LogP contribution in [-0.4, -0.2) is 15.7 Å². The molecule has 0 saturated carbocycles. The van der Waals surface area contributed by atoms with E-state index in [0.717, 1.165) is 17.6 Å². The molecule has 0 fully saturated rings. The number of rotatable bonds is 3. The molecule has 0 aliphatic carbocycles. The van der Waals surface area contributed by atoms with Crippen LogP contribution in [0.25, 0.3) is 11.0 Å². The molecule has 0 aliphatic heterocycles. The Bertz CT molecular complexity index is 673. The second-order valence-electron chi connectivity index (χ2n) is 6.51. The summed E-state index contributed by atoms with van der Waals surface area (Å²) in [5.41, 5.74) is 3.34. The van der Waals surface area contributed by atoms with Crippen molar-refractivity contribution in [3.63, 3.8) is 0 Å². The summed E-state index contributed by atoms with van der Waals surface area (Å²) in [6.45, 7) is 9.74. The molecule has 0 amide bonds. The molecule has 1 aromatic heterocycles. The molecule has 4 nitrogen and oxygen atoms in total. The SMILES string of the molecule is CCNC(c1ccc2c(c1)n(C)c(=O)n2C)C(C)(C)C. The van der Waals surface area contributed by atoms with Gasteiger partial charge in [0.15, 0.2) is 0 Å². The van der Waals surface area contributed by atoms with Crippen molar-refractivity contribution in [2.24, 2.45) is 19.5 Å². The number of aryl methyl sites for hydroxylation is 2. The van der Waals surface area contributed by atoms with Gasteiger partial charge >= 0.3 is 5.69 Å². The van der Waals surface area contributed by atoms with Gasteiger partial charge in [-0.1, -0.05) is 33.8 Å². The number of hydrogen-bond acceptors (Lipinski definition) is 2. The Kier molecular flexibility index (Phi) is 3.78. The van der Waals surface area contributed by atoms with Gasteiger partial charge in [0, 0.05) is 20.1 Å². The number of aromatic nitrogens is 2. The van der Waals surface area contributed by atoms with Crippen LogP contribution in [0.1, 0.15) is 39.3 Å². The van der Waals surface area contributed by atoms with Gasteiger partial charge in [-0.2, -0.15) is 0 Å². The normalized spacial score (nSPS) is 13.9. The first-order chi connectivity index (χ1) is 9.27. The van der Waals surface area contributed by atoms with Gasteiger partial charge < -0.3 is 5.32 Å². The Morgan fingerprint density at radius 3 is 2.30 bits per heavy atom. The fraction of sp³-hybridized carbons (Fsp3) is 0.562. The van der Waals surface area contributed by atoms with Crippen LogP contribution in [0.5, 0.6) is 0 Å². The quantitative estimate of drug-likeness (QED) is 0.935. The number of benzene rings is 1. The van der Waals surface area contributed by atoms with Gasteiger partial charge in [-0.05, 0) is 29.7 Å². The second kappa shape index (κ2) is 5.09. The molecule has 0 radical (unpaired) electrons. The minimum absolute atomic E-state index is 0.0212. The van der Waals surface area contributed by atoms with Crippen LogP contribution in [0.2, 0.25) is 0 Å². The van der Waals surface area contributed by atoms with Crippen LogP contribution < -0.4 is 11.0 Å². The summed E-state index contributed by atoms with van der Waals surface area (Å²) in [6.07, 6.45) is 0. The number of fused-ring (bicyclic) bond motifs is 1. The fourth-order valence-electron chi connectivity index (χ4n) is 2.83. The lowest BCUT2D eigenvalue weighted by Crippen LogP contribution is -2.32. The predicted octanol–water partition coefficient (Wildman–Crippen LogP) is 2.57. The molecular weight excluding hydrogens is 250 g/mol. The number of hydrogen-bond donors (Lipinski definition) is 1.